The van der Waals surface area contributed by atoms with E-state index in [9.17, 15) is 14.4 Å². The van der Waals surface area contributed by atoms with E-state index in [4.69, 9.17) is 10.2 Å². The van der Waals surface area contributed by atoms with Crippen molar-refractivity contribution >= 4 is 17.9 Å². The number of carboxylic acids is 1. The van der Waals surface area contributed by atoms with Crippen LogP contribution in [0.15, 0.2) is 0 Å². The van der Waals surface area contributed by atoms with Gasteiger partial charge in [0.1, 0.15) is 12.6 Å². The molecule has 0 aliphatic heterocycles. The molecule has 0 unspecified atom stereocenters. The van der Waals surface area contributed by atoms with Crippen molar-refractivity contribution in [1.29, 1.82) is 0 Å². The van der Waals surface area contributed by atoms with Gasteiger partial charge in [0, 0.05) is 33.7 Å². The number of nitrogens with zero attached hydrogens (tertiary/aromatic N) is 2. The van der Waals surface area contributed by atoms with Gasteiger partial charge in [-0.2, -0.15) is 0 Å². The van der Waals surface area contributed by atoms with Crippen LogP contribution in [-0.4, -0.2) is 77.8 Å². The first-order valence-electron chi connectivity index (χ1n) is 6.42. The van der Waals surface area contributed by atoms with Gasteiger partial charge in [-0.05, 0) is 6.42 Å². The van der Waals surface area contributed by atoms with Crippen molar-refractivity contribution in [2.75, 3.05) is 33.8 Å². The van der Waals surface area contributed by atoms with E-state index in [1.807, 2.05) is 6.92 Å². The van der Waals surface area contributed by atoms with Gasteiger partial charge in [0.25, 0.3) is 0 Å². The zero-order chi connectivity index (χ0) is 15.7. The largest absolute Gasteiger partial charge is 0.480 e. The normalized spacial score (nSPS) is 11.6. The molecule has 116 valence electrons. The molecule has 3 amide bonds. The van der Waals surface area contributed by atoms with Crippen LogP contribution < -0.4 is 5.32 Å². The van der Waals surface area contributed by atoms with Crippen molar-refractivity contribution in [2.45, 2.75) is 25.8 Å². The maximum atomic E-state index is 12.0. The smallest absolute Gasteiger partial charge is 0.326 e. The summed E-state index contributed by atoms with van der Waals surface area (Å²) in [5.41, 5.74) is 0. The fourth-order valence-corrected chi connectivity index (χ4v) is 1.45. The molecule has 8 heteroatoms. The molecule has 0 aromatic rings. The predicted molar refractivity (Wildman–Crippen MR) is 72.2 cm³/mol. The molecule has 1 atom stereocenters. The molecule has 0 aliphatic rings. The Kier molecular flexibility index (Phi) is 8.30. The Hall–Kier alpha value is -1.83. The van der Waals surface area contributed by atoms with E-state index in [0.717, 1.165) is 0 Å². The Bertz CT molecular complexity index is 346. The van der Waals surface area contributed by atoms with Crippen molar-refractivity contribution in [3.05, 3.63) is 0 Å². The Balaban J connectivity index is 4.70. The van der Waals surface area contributed by atoms with Crippen molar-refractivity contribution in [1.82, 2.24) is 15.1 Å². The van der Waals surface area contributed by atoms with Gasteiger partial charge >= 0.3 is 12.0 Å². The Morgan fingerprint density at radius 2 is 1.85 bits per heavy atom. The third-order valence-corrected chi connectivity index (χ3v) is 2.62. The van der Waals surface area contributed by atoms with Crippen LogP contribution in [0.4, 0.5) is 4.79 Å². The zero-order valence-electron chi connectivity index (χ0n) is 12.1. The van der Waals surface area contributed by atoms with Gasteiger partial charge in [-0.15, -0.1) is 0 Å². The fraction of sp³-hybridized carbons (Fsp3) is 0.750. The first-order valence-corrected chi connectivity index (χ1v) is 6.42. The Morgan fingerprint density at radius 3 is 2.25 bits per heavy atom. The number of carbonyl (C=O) groups excluding carboxylic acids is 2. The summed E-state index contributed by atoms with van der Waals surface area (Å²) in [6.45, 7) is 1.74. The number of amides is 3. The second kappa shape index (κ2) is 9.13. The van der Waals surface area contributed by atoms with Crippen LogP contribution in [0.1, 0.15) is 19.8 Å². The maximum Gasteiger partial charge on any atom is 0.326 e. The minimum absolute atomic E-state index is 0.0807. The number of aliphatic hydroxyl groups excluding tert-OH is 1. The second-order valence-electron chi connectivity index (χ2n) is 4.56. The lowest BCUT2D eigenvalue weighted by molar-refractivity contribution is -0.139. The molecule has 0 saturated heterocycles. The molecule has 20 heavy (non-hydrogen) atoms. The fourth-order valence-electron chi connectivity index (χ4n) is 1.45. The lowest BCUT2D eigenvalue weighted by Gasteiger charge is -2.25. The lowest BCUT2D eigenvalue weighted by atomic mass is 10.2. The number of hydrogen-bond donors (Lipinski definition) is 3. The number of carboxylic acid groups (broad SMARTS) is 1. The standard InChI is InChI=1S/C12H23N3O5/c1-4-6-15(8-10(17)14(2)3)12(20)13-9(5-7-16)11(18)19/h9,16H,4-8H2,1-3H3,(H,13,20)(H,18,19)/t9-/m0/s1. The highest BCUT2D eigenvalue weighted by atomic mass is 16.4. The zero-order valence-corrected chi connectivity index (χ0v) is 12.1. The van der Waals surface area contributed by atoms with Crippen LogP contribution in [0.2, 0.25) is 0 Å². The van der Waals surface area contributed by atoms with E-state index in [0.29, 0.717) is 13.0 Å². The maximum absolute atomic E-state index is 12.0. The molecule has 0 aromatic heterocycles. The summed E-state index contributed by atoms with van der Waals surface area (Å²) >= 11 is 0. The monoisotopic (exact) mass is 289 g/mol. The molecule has 0 radical (unpaired) electrons. The van der Waals surface area contributed by atoms with Crippen LogP contribution in [0.3, 0.4) is 0 Å². The highest BCUT2D eigenvalue weighted by Gasteiger charge is 2.24. The molecule has 8 nitrogen and oxygen atoms in total. The minimum Gasteiger partial charge on any atom is -0.480 e. The molecule has 0 spiro atoms. The average molecular weight is 289 g/mol. The molecular formula is C12H23N3O5. The molecule has 0 fully saturated rings. The molecule has 0 saturated carbocycles. The molecule has 0 aromatic carbocycles. The summed E-state index contributed by atoms with van der Waals surface area (Å²) in [5, 5.41) is 20.0. The van der Waals surface area contributed by atoms with Crippen molar-refractivity contribution < 1.29 is 24.6 Å². The number of carbonyl (C=O) groups is 3. The highest BCUT2D eigenvalue weighted by molar-refractivity contribution is 5.86. The van der Waals surface area contributed by atoms with Crippen LogP contribution in [-0.2, 0) is 9.59 Å². The first-order chi connectivity index (χ1) is 9.33. The number of rotatable bonds is 8. The van der Waals surface area contributed by atoms with E-state index >= 15 is 0 Å². The van der Waals surface area contributed by atoms with Crippen molar-refractivity contribution in [2.24, 2.45) is 0 Å². The SMILES string of the molecule is CCCN(CC(=O)N(C)C)C(=O)N[C@@H](CCO)C(=O)O. The van der Waals surface area contributed by atoms with Gasteiger partial charge in [0.05, 0.1) is 0 Å². The summed E-state index contributed by atoms with van der Waals surface area (Å²) in [7, 11) is 3.16. The first kappa shape index (κ1) is 18.2. The quantitative estimate of drug-likeness (QED) is 0.549. The lowest BCUT2D eigenvalue weighted by Crippen LogP contribution is -2.50. The third kappa shape index (κ3) is 6.37. The minimum atomic E-state index is -1.22. The molecular weight excluding hydrogens is 266 g/mol. The van der Waals surface area contributed by atoms with Crippen molar-refractivity contribution in [3.63, 3.8) is 0 Å². The molecule has 0 aliphatic carbocycles. The number of aliphatic carboxylic acids is 1. The predicted octanol–water partition coefficient (Wildman–Crippen LogP) is -0.668. The topological polar surface area (TPSA) is 110 Å². The molecule has 0 bridgehead atoms. The van der Waals surface area contributed by atoms with Gasteiger partial charge in [-0.3, -0.25) is 4.79 Å². The van der Waals surface area contributed by atoms with E-state index in [1.165, 1.54) is 9.80 Å². The van der Waals surface area contributed by atoms with Crippen LogP contribution >= 0.6 is 0 Å². The van der Waals surface area contributed by atoms with Crippen LogP contribution in [0.25, 0.3) is 0 Å². The Morgan fingerprint density at radius 1 is 1.25 bits per heavy atom. The summed E-state index contributed by atoms with van der Waals surface area (Å²) in [6.07, 6.45) is 0.564. The third-order valence-electron chi connectivity index (χ3n) is 2.62. The second-order valence-corrected chi connectivity index (χ2v) is 4.56. The average Bonchev–Trinajstić information content (AvgIpc) is 2.37. The summed E-state index contributed by atoms with van der Waals surface area (Å²) in [5.74, 6) is -1.47. The number of nitrogens with one attached hydrogen (secondary N) is 1. The number of aliphatic hydroxyl groups is 1. The van der Waals surface area contributed by atoms with E-state index in [2.05, 4.69) is 5.32 Å². The summed E-state index contributed by atoms with van der Waals surface area (Å²) < 4.78 is 0. The van der Waals surface area contributed by atoms with E-state index < -0.39 is 18.0 Å². The molecule has 0 rings (SSSR count). The summed E-state index contributed by atoms with van der Waals surface area (Å²) in [6, 6.07) is -1.79. The Labute approximate surface area is 118 Å². The van der Waals surface area contributed by atoms with Gasteiger partial charge in [0.15, 0.2) is 0 Å². The van der Waals surface area contributed by atoms with Gasteiger partial charge in [0.2, 0.25) is 5.91 Å². The number of likely N-dealkylation sites (N-methyl/N-ethyl adjacent to an activating group) is 1. The van der Waals surface area contributed by atoms with Gasteiger partial charge < -0.3 is 25.3 Å². The van der Waals surface area contributed by atoms with Crippen LogP contribution in [0.5, 0.6) is 0 Å². The molecule has 3 N–H and O–H groups in total. The van der Waals surface area contributed by atoms with E-state index in [-0.39, 0.29) is 25.5 Å². The van der Waals surface area contributed by atoms with Gasteiger partial charge in [-0.1, -0.05) is 6.92 Å². The van der Waals surface area contributed by atoms with Gasteiger partial charge in [-0.25, -0.2) is 9.59 Å². The number of hydrogen-bond acceptors (Lipinski definition) is 4. The van der Waals surface area contributed by atoms with E-state index in [1.54, 1.807) is 14.1 Å². The van der Waals surface area contributed by atoms with Crippen LogP contribution in [0, 0.1) is 0 Å². The summed E-state index contributed by atoms with van der Waals surface area (Å²) in [4.78, 5) is 37.1. The number of urea groups is 1. The van der Waals surface area contributed by atoms with Crippen molar-refractivity contribution in [3.8, 4) is 0 Å². The molecule has 0 heterocycles. The highest BCUT2D eigenvalue weighted by Crippen LogP contribution is 1.98.